The minimum atomic E-state index is -0.804. The lowest BCUT2D eigenvalue weighted by atomic mass is 10.2. The summed E-state index contributed by atoms with van der Waals surface area (Å²) in [5, 5.41) is 21.2. The first-order chi connectivity index (χ1) is 12.0. The average Bonchev–Trinajstić information content (AvgIpc) is 2.64. The highest BCUT2D eigenvalue weighted by molar-refractivity contribution is 5.46. The van der Waals surface area contributed by atoms with Gasteiger partial charge in [0.2, 0.25) is 0 Å². The highest BCUT2D eigenvalue weighted by Crippen LogP contribution is 2.14. The molecule has 0 saturated heterocycles. The van der Waals surface area contributed by atoms with E-state index in [0.717, 1.165) is 18.8 Å². The second kappa shape index (κ2) is 11.1. The van der Waals surface area contributed by atoms with Gasteiger partial charge in [0.25, 0.3) is 0 Å². The summed E-state index contributed by atoms with van der Waals surface area (Å²) in [5.41, 5.74) is 1.34. The first-order valence-electron chi connectivity index (χ1n) is 8.75. The van der Waals surface area contributed by atoms with Crippen LogP contribution in [0.3, 0.4) is 0 Å². The molecule has 4 heteroatoms. The lowest BCUT2D eigenvalue weighted by molar-refractivity contribution is 0.0862. The van der Waals surface area contributed by atoms with Crippen molar-refractivity contribution < 1.29 is 5.11 Å². The van der Waals surface area contributed by atoms with Gasteiger partial charge in [0.15, 0.2) is 0 Å². The molecule has 2 aromatic rings. The SMILES string of the molecule is CCC(C)(O)Nc1ccccc1.CCN(CCC#N)c1ccccc1. The van der Waals surface area contributed by atoms with Crippen LogP contribution in [0.1, 0.15) is 33.6 Å². The minimum absolute atomic E-state index is 0.586. The highest BCUT2D eigenvalue weighted by atomic mass is 16.3. The molecule has 0 heterocycles. The molecule has 0 aliphatic rings. The Bertz CT molecular complexity index is 621. The maximum absolute atomic E-state index is 9.67. The minimum Gasteiger partial charge on any atom is -0.371 e. The molecule has 0 aliphatic carbocycles. The van der Waals surface area contributed by atoms with Gasteiger partial charge in [-0.05, 0) is 44.5 Å². The van der Waals surface area contributed by atoms with Crippen molar-refractivity contribution in [3.05, 3.63) is 60.7 Å². The van der Waals surface area contributed by atoms with E-state index in [4.69, 9.17) is 5.26 Å². The zero-order valence-corrected chi connectivity index (χ0v) is 15.4. The summed E-state index contributed by atoms with van der Waals surface area (Å²) in [7, 11) is 0. The van der Waals surface area contributed by atoms with E-state index in [0.29, 0.717) is 12.8 Å². The van der Waals surface area contributed by atoms with Crippen molar-refractivity contribution in [2.24, 2.45) is 0 Å². The van der Waals surface area contributed by atoms with E-state index in [1.54, 1.807) is 6.92 Å². The van der Waals surface area contributed by atoms with Crippen molar-refractivity contribution in [2.75, 3.05) is 23.3 Å². The third-order valence-electron chi connectivity index (χ3n) is 3.87. The summed E-state index contributed by atoms with van der Waals surface area (Å²) in [5.74, 6) is 0. The monoisotopic (exact) mass is 339 g/mol. The maximum atomic E-state index is 9.67. The molecule has 0 aliphatic heterocycles. The largest absolute Gasteiger partial charge is 0.371 e. The van der Waals surface area contributed by atoms with E-state index in [2.05, 4.69) is 35.3 Å². The molecule has 0 fully saturated rings. The Labute approximate surface area is 151 Å². The molecule has 0 spiro atoms. The number of anilines is 2. The molecule has 0 bridgehead atoms. The highest BCUT2D eigenvalue weighted by Gasteiger charge is 2.15. The summed E-state index contributed by atoms with van der Waals surface area (Å²) < 4.78 is 0. The van der Waals surface area contributed by atoms with Crippen LogP contribution < -0.4 is 10.2 Å². The smallest absolute Gasteiger partial charge is 0.132 e. The number of hydrogen-bond donors (Lipinski definition) is 2. The van der Waals surface area contributed by atoms with Crippen molar-refractivity contribution in [1.29, 1.82) is 5.26 Å². The van der Waals surface area contributed by atoms with Crippen LogP contribution in [-0.4, -0.2) is 23.9 Å². The van der Waals surface area contributed by atoms with Crippen molar-refractivity contribution in [3.8, 4) is 6.07 Å². The van der Waals surface area contributed by atoms with Gasteiger partial charge < -0.3 is 15.3 Å². The normalized spacial score (nSPS) is 12.1. The predicted octanol–water partition coefficient (Wildman–Crippen LogP) is 4.64. The zero-order valence-electron chi connectivity index (χ0n) is 15.4. The first-order valence-corrected chi connectivity index (χ1v) is 8.75. The van der Waals surface area contributed by atoms with Crippen LogP contribution in [0, 0.1) is 11.3 Å². The number of rotatable bonds is 7. The van der Waals surface area contributed by atoms with Crippen LogP contribution in [0.25, 0.3) is 0 Å². The summed E-state index contributed by atoms with van der Waals surface area (Å²) in [4.78, 5) is 2.20. The Hall–Kier alpha value is -2.51. The van der Waals surface area contributed by atoms with Gasteiger partial charge in [0.05, 0.1) is 12.5 Å². The molecule has 2 N–H and O–H groups in total. The third kappa shape index (κ3) is 8.23. The number of nitrogens with one attached hydrogen (secondary N) is 1. The average molecular weight is 339 g/mol. The Morgan fingerprint density at radius 1 is 1.04 bits per heavy atom. The lowest BCUT2D eigenvalue weighted by Gasteiger charge is -2.24. The topological polar surface area (TPSA) is 59.3 Å². The number of nitriles is 1. The summed E-state index contributed by atoms with van der Waals surface area (Å²) in [6.45, 7) is 7.57. The van der Waals surface area contributed by atoms with Gasteiger partial charge in [-0.1, -0.05) is 43.3 Å². The molecule has 134 valence electrons. The van der Waals surface area contributed by atoms with Crippen LogP contribution in [0.15, 0.2) is 60.7 Å². The second-order valence-electron chi connectivity index (χ2n) is 5.94. The fourth-order valence-corrected chi connectivity index (χ4v) is 2.21. The molecule has 4 nitrogen and oxygen atoms in total. The van der Waals surface area contributed by atoms with Gasteiger partial charge in [-0.3, -0.25) is 0 Å². The number of aliphatic hydroxyl groups is 1. The summed E-state index contributed by atoms with van der Waals surface area (Å²) >= 11 is 0. The summed E-state index contributed by atoms with van der Waals surface area (Å²) in [6.07, 6.45) is 1.27. The number of para-hydroxylation sites is 2. The maximum Gasteiger partial charge on any atom is 0.132 e. The van der Waals surface area contributed by atoms with Crippen molar-refractivity contribution >= 4 is 11.4 Å². The van der Waals surface area contributed by atoms with E-state index in [9.17, 15) is 5.11 Å². The van der Waals surface area contributed by atoms with E-state index in [1.165, 1.54) is 5.69 Å². The Balaban J connectivity index is 0.000000251. The van der Waals surface area contributed by atoms with Gasteiger partial charge >= 0.3 is 0 Å². The van der Waals surface area contributed by atoms with E-state index < -0.39 is 5.72 Å². The second-order valence-corrected chi connectivity index (χ2v) is 5.94. The molecular weight excluding hydrogens is 310 g/mol. The van der Waals surface area contributed by atoms with Crippen molar-refractivity contribution in [2.45, 2.75) is 39.3 Å². The third-order valence-corrected chi connectivity index (χ3v) is 3.87. The molecule has 0 saturated carbocycles. The molecule has 0 amide bonds. The van der Waals surface area contributed by atoms with Crippen LogP contribution >= 0.6 is 0 Å². The van der Waals surface area contributed by atoms with Crippen molar-refractivity contribution in [1.82, 2.24) is 0 Å². The Kier molecular flexibility index (Phi) is 9.13. The quantitative estimate of drug-likeness (QED) is 0.721. The van der Waals surface area contributed by atoms with Gasteiger partial charge in [0, 0.05) is 24.5 Å². The fourth-order valence-electron chi connectivity index (χ4n) is 2.21. The fraction of sp³-hybridized carbons (Fsp3) is 0.381. The van der Waals surface area contributed by atoms with Crippen LogP contribution in [0.2, 0.25) is 0 Å². The standard InChI is InChI=1S/C11H14N2.C10H15NO/c1-2-13(10-6-9-12)11-7-4-3-5-8-11;1-3-10(2,12)11-9-7-5-4-6-8-9/h3-5,7-8H,2,6,10H2,1H3;4-8,11-12H,3H2,1-2H3. The van der Waals surface area contributed by atoms with E-state index in [1.807, 2.05) is 55.5 Å². The van der Waals surface area contributed by atoms with Gasteiger partial charge in [-0.15, -0.1) is 0 Å². The molecule has 2 rings (SSSR count). The van der Waals surface area contributed by atoms with Crippen LogP contribution in [0.5, 0.6) is 0 Å². The number of benzene rings is 2. The summed E-state index contributed by atoms with van der Waals surface area (Å²) in [6, 6.07) is 22.0. The van der Waals surface area contributed by atoms with Crippen LogP contribution in [0.4, 0.5) is 11.4 Å². The van der Waals surface area contributed by atoms with Crippen LogP contribution in [-0.2, 0) is 0 Å². The first kappa shape index (κ1) is 20.5. The molecule has 1 atom stereocenters. The molecule has 25 heavy (non-hydrogen) atoms. The molecule has 0 aromatic heterocycles. The predicted molar refractivity (Wildman–Crippen MR) is 106 cm³/mol. The van der Waals surface area contributed by atoms with Gasteiger partial charge in [0.1, 0.15) is 5.72 Å². The van der Waals surface area contributed by atoms with E-state index in [-0.39, 0.29) is 0 Å². The molecule has 0 radical (unpaired) electrons. The molecule has 2 aromatic carbocycles. The Morgan fingerprint density at radius 2 is 1.60 bits per heavy atom. The lowest BCUT2D eigenvalue weighted by Crippen LogP contribution is -2.33. The van der Waals surface area contributed by atoms with Crippen molar-refractivity contribution in [3.63, 3.8) is 0 Å². The van der Waals surface area contributed by atoms with E-state index >= 15 is 0 Å². The molecular formula is C21H29N3O. The number of nitrogens with zero attached hydrogens (tertiary/aromatic N) is 2. The number of hydrogen-bond acceptors (Lipinski definition) is 4. The molecule has 1 unspecified atom stereocenters. The van der Waals surface area contributed by atoms with Gasteiger partial charge in [-0.2, -0.15) is 5.26 Å². The zero-order chi connectivity index (χ0) is 18.5. The Morgan fingerprint density at radius 3 is 2.08 bits per heavy atom. The van der Waals surface area contributed by atoms with Gasteiger partial charge in [-0.25, -0.2) is 0 Å².